The first-order chi connectivity index (χ1) is 9.92. The lowest BCUT2D eigenvalue weighted by Crippen LogP contribution is -2.44. The van der Waals surface area contributed by atoms with Crippen LogP contribution in [0, 0.1) is 10.8 Å². The van der Waals surface area contributed by atoms with Crippen molar-refractivity contribution in [3.63, 3.8) is 0 Å². The zero-order valence-corrected chi connectivity index (χ0v) is 14.2. The van der Waals surface area contributed by atoms with E-state index >= 15 is 0 Å². The summed E-state index contributed by atoms with van der Waals surface area (Å²) >= 11 is 0. The van der Waals surface area contributed by atoms with E-state index in [0.717, 1.165) is 26.1 Å². The van der Waals surface area contributed by atoms with Gasteiger partial charge in [0.2, 0.25) is 0 Å². The maximum Gasteiger partial charge on any atom is 0.0655 e. The van der Waals surface area contributed by atoms with Crippen molar-refractivity contribution in [2.75, 3.05) is 13.2 Å². The molecular weight excluding hydrogens is 264 g/mol. The minimum absolute atomic E-state index is 0.123. The van der Waals surface area contributed by atoms with Crippen LogP contribution < -0.4 is 0 Å². The topological polar surface area (TPSA) is 27.7 Å². The molecular formula is C18H32O3. The molecule has 0 amide bonds. The van der Waals surface area contributed by atoms with E-state index in [2.05, 4.69) is 27.7 Å². The van der Waals surface area contributed by atoms with Crippen LogP contribution in [-0.4, -0.2) is 37.6 Å². The molecule has 0 aromatic heterocycles. The number of ether oxygens (including phenoxy) is 3. The van der Waals surface area contributed by atoms with Crippen molar-refractivity contribution < 1.29 is 14.2 Å². The van der Waals surface area contributed by atoms with Gasteiger partial charge in [0.25, 0.3) is 0 Å². The Hall–Kier alpha value is -0.120. The number of hydrogen-bond acceptors (Lipinski definition) is 3. The zero-order chi connectivity index (χ0) is 15.1. The van der Waals surface area contributed by atoms with Gasteiger partial charge >= 0.3 is 0 Å². The van der Waals surface area contributed by atoms with Crippen LogP contribution in [0.5, 0.6) is 0 Å². The fraction of sp³-hybridized carbons (Fsp3) is 1.00. The fourth-order valence-corrected chi connectivity index (χ4v) is 4.48. The molecule has 0 saturated carbocycles. The molecule has 0 aromatic carbocycles. The van der Waals surface area contributed by atoms with Gasteiger partial charge in [0, 0.05) is 24.0 Å². The number of rotatable bonds is 4. The average molecular weight is 296 g/mol. The Bertz CT molecular complexity index is 317. The van der Waals surface area contributed by atoms with E-state index in [1.165, 1.54) is 25.7 Å². The van der Waals surface area contributed by atoms with Crippen molar-refractivity contribution in [1.82, 2.24) is 0 Å². The van der Waals surface area contributed by atoms with Gasteiger partial charge in [0.05, 0.1) is 24.4 Å². The monoisotopic (exact) mass is 296 g/mol. The van der Waals surface area contributed by atoms with Crippen molar-refractivity contribution in [3.05, 3.63) is 0 Å². The Morgan fingerprint density at radius 3 is 1.38 bits per heavy atom. The van der Waals surface area contributed by atoms with E-state index in [9.17, 15) is 0 Å². The average Bonchev–Trinajstić information content (AvgIpc) is 3.19. The third-order valence-electron chi connectivity index (χ3n) is 6.20. The summed E-state index contributed by atoms with van der Waals surface area (Å²) < 4.78 is 18.4. The second-order valence-corrected chi connectivity index (χ2v) is 8.34. The molecule has 3 rings (SSSR count). The summed E-state index contributed by atoms with van der Waals surface area (Å²) in [5.41, 5.74) is 0.246. The van der Waals surface area contributed by atoms with Crippen LogP contribution in [0.4, 0.5) is 0 Å². The van der Waals surface area contributed by atoms with E-state index in [1.807, 2.05) is 0 Å². The first-order valence-corrected chi connectivity index (χ1v) is 8.81. The largest absolute Gasteiger partial charge is 0.378 e. The Morgan fingerprint density at radius 1 is 0.619 bits per heavy atom. The van der Waals surface area contributed by atoms with Crippen LogP contribution in [0.2, 0.25) is 0 Å². The molecule has 3 fully saturated rings. The van der Waals surface area contributed by atoms with Crippen LogP contribution in [-0.2, 0) is 14.2 Å². The van der Waals surface area contributed by atoms with Gasteiger partial charge in [-0.15, -0.1) is 0 Å². The van der Waals surface area contributed by atoms with Gasteiger partial charge in [-0.05, 0) is 38.5 Å². The highest BCUT2D eigenvalue weighted by atomic mass is 16.5. The maximum absolute atomic E-state index is 6.56. The van der Waals surface area contributed by atoms with Crippen LogP contribution in [0.15, 0.2) is 0 Å². The van der Waals surface area contributed by atoms with Crippen molar-refractivity contribution in [2.24, 2.45) is 10.8 Å². The van der Waals surface area contributed by atoms with E-state index in [1.54, 1.807) is 0 Å². The maximum atomic E-state index is 6.56. The molecule has 4 atom stereocenters. The predicted octanol–water partition coefficient (Wildman–Crippen LogP) is 3.94. The number of hydrogen-bond donors (Lipinski definition) is 0. The lowest BCUT2D eigenvalue weighted by atomic mass is 9.77. The molecule has 3 heterocycles. The summed E-state index contributed by atoms with van der Waals surface area (Å²) in [6.07, 6.45) is 8.48. The molecule has 0 spiro atoms. The highest BCUT2D eigenvalue weighted by molar-refractivity contribution is 4.98. The van der Waals surface area contributed by atoms with Gasteiger partial charge in [-0.2, -0.15) is 0 Å². The molecule has 3 heteroatoms. The van der Waals surface area contributed by atoms with Gasteiger partial charge in [-0.25, -0.2) is 0 Å². The van der Waals surface area contributed by atoms with Crippen LogP contribution in [0.1, 0.15) is 66.2 Å². The summed E-state index contributed by atoms with van der Waals surface area (Å²) in [5, 5.41) is 0. The minimum atomic E-state index is 0.123. The fourth-order valence-electron chi connectivity index (χ4n) is 4.48. The Balaban J connectivity index is 1.64. The highest BCUT2D eigenvalue weighted by Crippen LogP contribution is 2.46. The molecule has 0 unspecified atom stereocenters. The molecule has 0 bridgehead atoms. The lowest BCUT2D eigenvalue weighted by molar-refractivity contribution is -0.131. The Kier molecular flexibility index (Phi) is 4.37. The van der Waals surface area contributed by atoms with E-state index in [0.29, 0.717) is 24.4 Å². The first kappa shape index (κ1) is 15.8. The van der Waals surface area contributed by atoms with Gasteiger partial charge in [0.1, 0.15) is 0 Å². The first-order valence-electron chi connectivity index (χ1n) is 8.81. The molecule has 3 aliphatic heterocycles. The Morgan fingerprint density at radius 2 is 1.05 bits per heavy atom. The molecule has 3 aliphatic rings. The van der Waals surface area contributed by atoms with Gasteiger partial charge in [0.15, 0.2) is 0 Å². The minimum Gasteiger partial charge on any atom is -0.378 e. The molecule has 0 aromatic rings. The second-order valence-electron chi connectivity index (χ2n) is 8.34. The SMILES string of the molecule is CC(C)([C@@H]1CCCO1)[C@@H]1CC[C@@H](C(C)(C)[C@@H]2CCCO2)O1. The summed E-state index contributed by atoms with van der Waals surface area (Å²) in [6.45, 7) is 11.2. The molecule has 0 N–H and O–H groups in total. The highest BCUT2D eigenvalue weighted by Gasteiger charge is 2.49. The molecule has 3 saturated heterocycles. The van der Waals surface area contributed by atoms with Crippen molar-refractivity contribution in [1.29, 1.82) is 0 Å². The van der Waals surface area contributed by atoms with Crippen molar-refractivity contribution >= 4 is 0 Å². The van der Waals surface area contributed by atoms with E-state index in [-0.39, 0.29) is 10.8 Å². The summed E-state index contributed by atoms with van der Waals surface area (Å²) in [5.74, 6) is 0. The van der Waals surface area contributed by atoms with Crippen LogP contribution >= 0.6 is 0 Å². The summed E-state index contributed by atoms with van der Waals surface area (Å²) in [6, 6.07) is 0. The lowest BCUT2D eigenvalue weighted by Gasteiger charge is -2.40. The quantitative estimate of drug-likeness (QED) is 0.786. The third-order valence-corrected chi connectivity index (χ3v) is 6.20. The molecule has 0 radical (unpaired) electrons. The summed E-state index contributed by atoms with van der Waals surface area (Å²) in [7, 11) is 0. The van der Waals surface area contributed by atoms with Crippen LogP contribution in [0.3, 0.4) is 0 Å². The third kappa shape index (κ3) is 2.89. The zero-order valence-electron chi connectivity index (χ0n) is 14.2. The van der Waals surface area contributed by atoms with E-state index < -0.39 is 0 Å². The molecule has 122 valence electrons. The van der Waals surface area contributed by atoms with Gasteiger partial charge in [-0.1, -0.05) is 27.7 Å². The van der Waals surface area contributed by atoms with Gasteiger partial charge in [-0.3, -0.25) is 0 Å². The predicted molar refractivity (Wildman–Crippen MR) is 83.4 cm³/mol. The van der Waals surface area contributed by atoms with Crippen molar-refractivity contribution in [2.45, 2.75) is 90.6 Å². The standard InChI is InChI=1S/C18H32O3/c1-17(2,13-7-5-11-19-13)15-9-10-16(21-15)18(3,4)14-8-6-12-20-14/h13-16H,5-12H2,1-4H3/t13-,14-,15-,16-/m0/s1. The smallest absolute Gasteiger partial charge is 0.0655 e. The second kappa shape index (κ2) is 5.82. The van der Waals surface area contributed by atoms with Gasteiger partial charge < -0.3 is 14.2 Å². The van der Waals surface area contributed by atoms with Crippen molar-refractivity contribution in [3.8, 4) is 0 Å². The normalized spacial score (nSPS) is 38.3. The van der Waals surface area contributed by atoms with Crippen LogP contribution in [0.25, 0.3) is 0 Å². The molecule has 3 nitrogen and oxygen atoms in total. The summed E-state index contributed by atoms with van der Waals surface area (Å²) in [4.78, 5) is 0. The molecule has 0 aliphatic carbocycles. The Labute approximate surface area is 129 Å². The molecule has 21 heavy (non-hydrogen) atoms. The van der Waals surface area contributed by atoms with E-state index in [4.69, 9.17) is 14.2 Å².